The van der Waals surface area contributed by atoms with E-state index in [1.807, 2.05) is 49.6 Å². The van der Waals surface area contributed by atoms with Gasteiger partial charge in [-0.2, -0.15) is 0 Å². The van der Waals surface area contributed by atoms with Gasteiger partial charge >= 0.3 is 0 Å². The lowest BCUT2D eigenvalue weighted by Crippen LogP contribution is -2.17. The molecule has 5 N–H and O–H groups in total. The topological polar surface area (TPSA) is 94.0 Å². The van der Waals surface area contributed by atoms with Gasteiger partial charge in [0.25, 0.3) is 5.91 Å². The molecule has 8 heteroatoms. The van der Waals surface area contributed by atoms with Crippen LogP contribution in [-0.2, 0) is 19.5 Å². The Labute approximate surface area is 206 Å². The van der Waals surface area contributed by atoms with Crippen molar-refractivity contribution in [2.75, 3.05) is 5.32 Å². The quantitative estimate of drug-likeness (QED) is 0.396. The first kappa shape index (κ1) is 28.1. The number of halogens is 2. The number of rotatable bonds is 7. The first-order chi connectivity index (χ1) is 14.3. The molecule has 0 aliphatic rings. The van der Waals surface area contributed by atoms with E-state index in [0.717, 1.165) is 51.3 Å². The molecule has 0 aliphatic carbocycles. The maximum Gasteiger partial charge on any atom is 0.266 e. The molecule has 5 nitrogen and oxygen atoms in total. The first-order valence-corrected chi connectivity index (χ1v) is 11.1. The third kappa shape index (κ3) is 6.09. The number of carbonyl (C=O) groups excluding carboxylic acids is 1. The van der Waals surface area contributed by atoms with Crippen LogP contribution >= 0.6 is 36.2 Å². The second kappa shape index (κ2) is 12.3. The van der Waals surface area contributed by atoms with E-state index in [-0.39, 0.29) is 30.7 Å². The Hall–Kier alpha value is -1.96. The van der Waals surface area contributed by atoms with Gasteiger partial charge in [0.1, 0.15) is 0 Å². The molecule has 0 radical (unpaired) electrons. The number of thiophene rings is 1. The second-order valence-corrected chi connectivity index (χ2v) is 8.88. The third-order valence-corrected chi connectivity index (χ3v) is 6.17. The summed E-state index contributed by atoms with van der Waals surface area (Å²) in [6.07, 6.45) is 0.833. The molecule has 2 aromatic heterocycles. The van der Waals surface area contributed by atoms with Crippen LogP contribution in [0.1, 0.15) is 51.6 Å². The van der Waals surface area contributed by atoms with Crippen LogP contribution in [0.3, 0.4) is 0 Å². The number of aryl methyl sites for hydroxylation is 2. The fraction of sp³-hybridized carbons (Fsp3) is 0.333. The fourth-order valence-electron chi connectivity index (χ4n) is 3.63. The van der Waals surface area contributed by atoms with Crippen molar-refractivity contribution in [3.63, 3.8) is 0 Å². The van der Waals surface area contributed by atoms with Crippen molar-refractivity contribution in [1.29, 1.82) is 0 Å². The summed E-state index contributed by atoms with van der Waals surface area (Å²) < 4.78 is 0. The van der Waals surface area contributed by atoms with Crippen LogP contribution < -0.4 is 16.8 Å². The molecular weight excluding hydrogens is 463 g/mol. The van der Waals surface area contributed by atoms with Crippen molar-refractivity contribution in [2.45, 2.75) is 47.2 Å². The Kier molecular flexibility index (Phi) is 10.8. The lowest BCUT2D eigenvalue weighted by atomic mass is 9.92. The van der Waals surface area contributed by atoms with E-state index >= 15 is 0 Å². The van der Waals surface area contributed by atoms with Gasteiger partial charge in [0.05, 0.1) is 16.3 Å². The number of anilines is 1. The zero-order chi connectivity index (χ0) is 21.8. The van der Waals surface area contributed by atoms with Crippen molar-refractivity contribution in [2.24, 2.45) is 17.4 Å². The molecule has 32 heavy (non-hydrogen) atoms. The van der Waals surface area contributed by atoms with Gasteiger partial charge < -0.3 is 16.8 Å². The number of nitrogens with zero attached hydrogens (tertiary/aromatic N) is 1. The van der Waals surface area contributed by atoms with E-state index in [0.29, 0.717) is 23.9 Å². The predicted molar refractivity (Wildman–Crippen MR) is 140 cm³/mol. The third-order valence-electron chi connectivity index (χ3n) is 5.16. The SMILES string of the molecule is Cc1ccsc1C(=O)Nc1c(C)nc(CC(C)C)c(CN)c1-c1ccc(CN)cc1.Cl.Cl. The minimum absolute atomic E-state index is 0. The van der Waals surface area contributed by atoms with E-state index in [2.05, 4.69) is 19.2 Å². The minimum atomic E-state index is -0.119. The molecule has 0 unspecified atom stereocenters. The van der Waals surface area contributed by atoms with Crippen LogP contribution in [0.2, 0.25) is 0 Å². The number of nitrogens with one attached hydrogen (secondary N) is 1. The van der Waals surface area contributed by atoms with Gasteiger partial charge in [-0.25, -0.2) is 0 Å². The lowest BCUT2D eigenvalue weighted by Gasteiger charge is -2.21. The van der Waals surface area contributed by atoms with Crippen molar-refractivity contribution in [3.05, 3.63) is 68.7 Å². The van der Waals surface area contributed by atoms with Gasteiger partial charge in [0.15, 0.2) is 0 Å². The molecular formula is C24H32Cl2N4OS. The highest BCUT2D eigenvalue weighted by Crippen LogP contribution is 2.36. The summed E-state index contributed by atoms with van der Waals surface area (Å²) in [5.74, 6) is 0.329. The number of hydrogen-bond acceptors (Lipinski definition) is 5. The molecule has 3 rings (SSSR count). The molecule has 0 fully saturated rings. The summed E-state index contributed by atoms with van der Waals surface area (Å²) in [6.45, 7) is 9.06. The van der Waals surface area contributed by atoms with Gasteiger partial charge in [-0.15, -0.1) is 36.2 Å². The zero-order valence-corrected chi connectivity index (χ0v) is 21.3. The van der Waals surface area contributed by atoms with Gasteiger partial charge in [0.2, 0.25) is 0 Å². The summed E-state index contributed by atoms with van der Waals surface area (Å²) >= 11 is 1.44. The van der Waals surface area contributed by atoms with E-state index in [1.165, 1.54) is 11.3 Å². The summed E-state index contributed by atoms with van der Waals surface area (Å²) in [6, 6.07) is 10.1. The van der Waals surface area contributed by atoms with E-state index in [9.17, 15) is 4.79 Å². The Morgan fingerprint density at radius 1 is 1.06 bits per heavy atom. The highest BCUT2D eigenvalue weighted by Gasteiger charge is 2.22. The van der Waals surface area contributed by atoms with Crippen molar-refractivity contribution >= 4 is 47.7 Å². The fourth-order valence-corrected chi connectivity index (χ4v) is 4.45. The number of hydrogen-bond donors (Lipinski definition) is 3. The summed E-state index contributed by atoms with van der Waals surface area (Å²) in [4.78, 5) is 18.6. The van der Waals surface area contributed by atoms with Crippen LogP contribution in [0, 0.1) is 19.8 Å². The molecule has 1 aromatic carbocycles. The molecule has 0 bridgehead atoms. The maximum atomic E-state index is 13.0. The number of nitrogens with two attached hydrogens (primary N) is 2. The standard InChI is InChI=1S/C24H30N4OS.2ClH/c1-14(2)11-20-19(13-26)21(18-7-5-17(12-25)6-8-18)22(16(4)27-20)28-24(29)23-15(3)9-10-30-23;;/h5-10,14H,11-13,25-26H2,1-4H3,(H,28,29);2*1H. The normalized spacial score (nSPS) is 10.5. The largest absolute Gasteiger partial charge is 0.326 e. The maximum absolute atomic E-state index is 13.0. The monoisotopic (exact) mass is 494 g/mol. The van der Waals surface area contributed by atoms with Crippen LogP contribution in [0.25, 0.3) is 11.1 Å². The number of benzene rings is 1. The van der Waals surface area contributed by atoms with E-state index < -0.39 is 0 Å². The Balaban J connectivity index is 0.00000256. The van der Waals surface area contributed by atoms with Gasteiger partial charge in [-0.05, 0) is 59.9 Å². The number of carbonyl (C=O) groups is 1. The summed E-state index contributed by atoms with van der Waals surface area (Å²) in [7, 11) is 0. The van der Waals surface area contributed by atoms with Crippen LogP contribution in [0.5, 0.6) is 0 Å². The average molecular weight is 496 g/mol. The lowest BCUT2D eigenvalue weighted by molar-refractivity contribution is 0.103. The molecule has 1 amide bonds. The molecule has 174 valence electrons. The summed E-state index contributed by atoms with van der Waals surface area (Å²) in [5.41, 5.74) is 19.5. The summed E-state index contributed by atoms with van der Waals surface area (Å²) in [5, 5.41) is 5.06. The second-order valence-electron chi connectivity index (χ2n) is 7.96. The highest BCUT2D eigenvalue weighted by atomic mass is 35.5. The number of aromatic nitrogens is 1. The van der Waals surface area contributed by atoms with Crippen LogP contribution in [-0.4, -0.2) is 10.9 Å². The zero-order valence-electron chi connectivity index (χ0n) is 18.9. The number of pyridine rings is 1. The molecule has 0 atom stereocenters. The molecule has 0 aliphatic heterocycles. The molecule has 0 saturated heterocycles. The van der Waals surface area contributed by atoms with Crippen LogP contribution in [0.15, 0.2) is 35.7 Å². The molecule has 0 spiro atoms. The van der Waals surface area contributed by atoms with Gasteiger partial charge in [-0.3, -0.25) is 9.78 Å². The van der Waals surface area contributed by atoms with Gasteiger partial charge in [0, 0.05) is 24.3 Å². The number of amides is 1. The highest BCUT2D eigenvalue weighted by molar-refractivity contribution is 7.12. The molecule has 2 heterocycles. The van der Waals surface area contributed by atoms with Crippen molar-refractivity contribution < 1.29 is 4.79 Å². The Morgan fingerprint density at radius 3 is 2.22 bits per heavy atom. The molecule has 0 saturated carbocycles. The smallest absolute Gasteiger partial charge is 0.266 e. The molecule has 3 aromatic rings. The minimum Gasteiger partial charge on any atom is -0.326 e. The Morgan fingerprint density at radius 2 is 1.72 bits per heavy atom. The van der Waals surface area contributed by atoms with E-state index in [4.69, 9.17) is 16.5 Å². The van der Waals surface area contributed by atoms with Crippen molar-refractivity contribution in [3.8, 4) is 11.1 Å². The van der Waals surface area contributed by atoms with Gasteiger partial charge in [-0.1, -0.05) is 38.1 Å². The predicted octanol–water partition coefficient (Wildman–Crippen LogP) is 5.64. The Bertz CT molecular complexity index is 1050. The average Bonchev–Trinajstić information content (AvgIpc) is 3.15. The van der Waals surface area contributed by atoms with E-state index in [1.54, 1.807) is 0 Å². The van der Waals surface area contributed by atoms with Crippen molar-refractivity contribution in [1.82, 2.24) is 4.98 Å². The van der Waals surface area contributed by atoms with Crippen LogP contribution in [0.4, 0.5) is 5.69 Å². The first-order valence-electron chi connectivity index (χ1n) is 10.2.